The lowest BCUT2D eigenvalue weighted by Gasteiger charge is -2.27. The van der Waals surface area contributed by atoms with Gasteiger partial charge in [0.1, 0.15) is 11.4 Å². The summed E-state index contributed by atoms with van der Waals surface area (Å²) in [5, 5.41) is 11.4. The van der Waals surface area contributed by atoms with Crippen LogP contribution in [-0.2, 0) is 9.53 Å². The molecular formula is C24H22FNO5. The molecule has 1 N–H and O–H groups in total. The molecule has 0 radical (unpaired) electrons. The molecule has 160 valence electrons. The molecule has 0 aliphatic carbocycles. The fourth-order valence-electron chi connectivity index (χ4n) is 3.72. The molecule has 1 aliphatic heterocycles. The summed E-state index contributed by atoms with van der Waals surface area (Å²) in [6, 6.07) is 13.3. The first-order valence-corrected chi connectivity index (χ1v) is 10.0. The summed E-state index contributed by atoms with van der Waals surface area (Å²) in [5.74, 6) is -2.34. The molecule has 6 nitrogen and oxygen atoms in total. The minimum Gasteiger partial charge on any atom is -0.503 e. The van der Waals surface area contributed by atoms with Crippen LogP contribution in [0, 0.1) is 5.82 Å². The summed E-state index contributed by atoms with van der Waals surface area (Å²) >= 11 is 0. The van der Waals surface area contributed by atoms with Gasteiger partial charge in [0.15, 0.2) is 11.5 Å². The molecule has 0 spiro atoms. The molecule has 0 saturated carbocycles. The summed E-state index contributed by atoms with van der Waals surface area (Å²) in [6.45, 7) is 4.12. The summed E-state index contributed by atoms with van der Waals surface area (Å²) in [6.07, 6.45) is -0.0415. The van der Waals surface area contributed by atoms with Crippen molar-refractivity contribution in [2.24, 2.45) is 0 Å². The van der Waals surface area contributed by atoms with Crippen LogP contribution >= 0.6 is 0 Å². The lowest BCUT2D eigenvalue weighted by Crippen LogP contribution is -2.34. The van der Waals surface area contributed by atoms with Crippen LogP contribution < -0.4 is 0 Å². The van der Waals surface area contributed by atoms with Gasteiger partial charge in [-0.3, -0.25) is 9.59 Å². The van der Waals surface area contributed by atoms with Gasteiger partial charge in [-0.1, -0.05) is 30.3 Å². The molecule has 31 heavy (non-hydrogen) atoms. The predicted octanol–water partition coefficient (Wildman–Crippen LogP) is 4.58. The molecule has 0 saturated heterocycles. The number of aliphatic hydroxyl groups is 1. The van der Waals surface area contributed by atoms with E-state index in [0.29, 0.717) is 11.1 Å². The summed E-state index contributed by atoms with van der Waals surface area (Å²) in [7, 11) is 0. The predicted molar refractivity (Wildman–Crippen MR) is 112 cm³/mol. The van der Waals surface area contributed by atoms with E-state index >= 15 is 0 Å². The molecule has 2 heterocycles. The van der Waals surface area contributed by atoms with Crippen LogP contribution in [-0.4, -0.2) is 41.0 Å². The molecule has 1 atom stereocenters. The van der Waals surface area contributed by atoms with Gasteiger partial charge in [0.05, 0.1) is 24.3 Å². The maximum atomic E-state index is 13.5. The average Bonchev–Trinajstić information content (AvgIpc) is 3.28. The Bertz CT molecular complexity index is 1130. The normalized spacial score (nSPS) is 16.7. The second-order valence-corrected chi connectivity index (χ2v) is 7.61. The molecule has 0 fully saturated rings. The molecule has 1 aromatic heterocycles. The fraction of sp³-hybridized carbons (Fsp3) is 0.250. The molecule has 1 aliphatic rings. The number of rotatable bonds is 7. The fourth-order valence-corrected chi connectivity index (χ4v) is 3.72. The van der Waals surface area contributed by atoms with E-state index in [0.717, 1.165) is 5.39 Å². The highest BCUT2D eigenvalue weighted by Gasteiger charge is 2.44. The van der Waals surface area contributed by atoms with E-state index < -0.39 is 29.3 Å². The number of nitrogens with zero attached hydrogens (tertiary/aromatic N) is 1. The Kier molecular flexibility index (Phi) is 5.61. The minimum absolute atomic E-state index is 0.0166. The van der Waals surface area contributed by atoms with Gasteiger partial charge in [-0.15, -0.1) is 0 Å². The standard InChI is InChI=1S/C24H22FNO5/c1-14(2)30-12-11-26-21(15-7-9-17(25)10-8-15)20(23(28)24(26)29)22(27)19-13-16-5-3-4-6-18(16)31-19/h3-10,13-14,21,28H,11-12H2,1-2H3. The van der Waals surface area contributed by atoms with Crippen molar-refractivity contribution >= 4 is 22.7 Å². The number of carbonyl (C=O) groups excluding carboxylic acids is 2. The highest BCUT2D eigenvalue weighted by atomic mass is 19.1. The number of aliphatic hydroxyl groups excluding tert-OH is 1. The van der Waals surface area contributed by atoms with E-state index in [-0.39, 0.29) is 30.6 Å². The van der Waals surface area contributed by atoms with Crippen LogP contribution in [0.3, 0.4) is 0 Å². The number of para-hydroxylation sites is 1. The van der Waals surface area contributed by atoms with E-state index in [9.17, 15) is 19.1 Å². The number of benzene rings is 2. The SMILES string of the molecule is CC(C)OCCN1C(=O)C(O)=C(C(=O)c2cc3ccccc3o2)C1c1ccc(F)cc1. The number of halogens is 1. The van der Waals surface area contributed by atoms with Crippen LogP contribution in [0.15, 0.2) is 70.3 Å². The topological polar surface area (TPSA) is 80.0 Å². The van der Waals surface area contributed by atoms with Gasteiger partial charge in [-0.25, -0.2) is 4.39 Å². The highest BCUT2D eigenvalue weighted by molar-refractivity contribution is 6.16. The number of furan rings is 1. The Hall–Kier alpha value is -3.45. The number of Topliss-reactive ketones (excluding diaryl/α,β-unsaturated/α-hetero) is 1. The third kappa shape index (κ3) is 3.96. The molecular weight excluding hydrogens is 401 g/mol. The first-order valence-electron chi connectivity index (χ1n) is 10.0. The van der Waals surface area contributed by atoms with Crippen molar-refractivity contribution in [1.82, 2.24) is 4.90 Å². The van der Waals surface area contributed by atoms with Crippen LogP contribution in [0.1, 0.15) is 36.0 Å². The van der Waals surface area contributed by atoms with E-state index in [1.165, 1.54) is 29.2 Å². The van der Waals surface area contributed by atoms with E-state index in [1.807, 2.05) is 19.9 Å². The van der Waals surface area contributed by atoms with E-state index in [1.54, 1.807) is 24.3 Å². The quantitative estimate of drug-likeness (QED) is 0.563. The van der Waals surface area contributed by atoms with Crippen molar-refractivity contribution in [3.8, 4) is 0 Å². The van der Waals surface area contributed by atoms with Crippen molar-refractivity contribution < 1.29 is 28.2 Å². The second kappa shape index (κ2) is 8.35. The number of hydrogen-bond acceptors (Lipinski definition) is 5. The third-order valence-electron chi connectivity index (χ3n) is 5.17. The zero-order chi connectivity index (χ0) is 22.1. The average molecular weight is 423 g/mol. The minimum atomic E-state index is -0.885. The molecule has 7 heteroatoms. The zero-order valence-electron chi connectivity index (χ0n) is 17.2. The van der Waals surface area contributed by atoms with Gasteiger partial charge < -0.3 is 19.2 Å². The Morgan fingerprint density at radius 1 is 1.19 bits per heavy atom. The van der Waals surface area contributed by atoms with Crippen molar-refractivity contribution in [3.05, 3.63) is 83.1 Å². The Morgan fingerprint density at radius 3 is 2.58 bits per heavy atom. The van der Waals surface area contributed by atoms with Gasteiger partial charge in [0.25, 0.3) is 5.91 Å². The molecule has 0 bridgehead atoms. The monoisotopic (exact) mass is 423 g/mol. The van der Waals surface area contributed by atoms with Gasteiger partial charge in [-0.2, -0.15) is 0 Å². The Balaban J connectivity index is 1.74. The Labute approximate surface area is 178 Å². The molecule has 1 unspecified atom stereocenters. The number of carbonyl (C=O) groups is 2. The largest absolute Gasteiger partial charge is 0.503 e. The van der Waals surface area contributed by atoms with Gasteiger partial charge in [-0.05, 0) is 43.7 Å². The van der Waals surface area contributed by atoms with Gasteiger partial charge >= 0.3 is 0 Å². The first kappa shape index (κ1) is 20.8. The summed E-state index contributed by atoms with van der Waals surface area (Å²) < 4.78 is 24.7. The summed E-state index contributed by atoms with van der Waals surface area (Å²) in [5.41, 5.74) is 0.929. The second-order valence-electron chi connectivity index (χ2n) is 7.61. The number of amides is 1. The zero-order valence-corrected chi connectivity index (χ0v) is 17.2. The smallest absolute Gasteiger partial charge is 0.290 e. The molecule has 4 rings (SSSR count). The van der Waals surface area contributed by atoms with Crippen LogP contribution in [0.2, 0.25) is 0 Å². The lowest BCUT2D eigenvalue weighted by molar-refractivity contribution is -0.130. The molecule has 2 aromatic carbocycles. The maximum Gasteiger partial charge on any atom is 0.290 e. The Morgan fingerprint density at radius 2 is 1.90 bits per heavy atom. The van der Waals surface area contributed by atoms with E-state index in [4.69, 9.17) is 9.15 Å². The molecule has 3 aromatic rings. The van der Waals surface area contributed by atoms with Crippen molar-refractivity contribution in [2.75, 3.05) is 13.2 Å². The highest BCUT2D eigenvalue weighted by Crippen LogP contribution is 2.39. The third-order valence-corrected chi connectivity index (χ3v) is 5.17. The lowest BCUT2D eigenvalue weighted by atomic mass is 9.95. The van der Waals surface area contributed by atoms with Gasteiger partial charge in [0.2, 0.25) is 5.78 Å². The van der Waals surface area contributed by atoms with Crippen molar-refractivity contribution in [2.45, 2.75) is 26.0 Å². The van der Waals surface area contributed by atoms with Crippen molar-refractivity contribution in [1.29, 1.82) is 0 Å². The number of hydrogen-bond donors (Lipinski definition) is 1. The van der Waals surface area contributed by atoms with Crippen LogP contribution in [0.5, 0.6) is 0 Å². The summed E-state index contributed by atoms with van der Waals surface area (Å²) in [4.78, 5) is 27.6. The van der Waals surface area contributed by atoms with Crippen molar-refractivity contribution in [3.63, 3.8) is 0 Å². The number of ketones is 1. The number of ether oxygens (including phenoxy) is 1. The van der Waals surface area contributed by atoms with Crippen LogP contribution in [0.25, 0.3) is 11.0 Å². The molecule has 1 amide bonds. The maximum absolute atomic E-state index is 13.5. The van der Waals surface area contributed by atoms with Gasteiger partial charge in [0, 0.05) is 11.9 Å². The first-order chi connectivity index (χ1) is 14.9. The van der Waals surface area contributed by atoms with Crippen LogP contribution in [0.4, 0.5) is 4.39 Å². The number of fused-ring (bicyclic) bond motifs is 1. The van der Waals surface area contributed by atoms with E-state index in [2.05, 4.69) is 0 Å².